The molecule has 4 heteroatoms. The second-order valence-corrected chi connectivity index (χ2v) is 5.67. The molecular weight excluding hydrogens is 252 g/mol. The fraction of sp³-hybridized carbons (Fsp3) is 0.562. The lowest BCUT2D eigenvalue weighted by atomic mass is 10.2. The fourth-order valence-electron chi connectivity index (χ4n) is 1.82. The number of rotatable bonds is 6. The van der Waals surface area contributed by atoms with Gasteiger partial charge in [-0.1, -0.05) is 0 Å². The van der Waals surface area contributed by atoms with Crippen molar-refractivity contribution in [2.75, 3.05) is 29.9 Å². The highest BCUT2D eigenvalue weighted by Crippen LogP contribution is 2.17. The average Bonchev–Trinajstić information content (AvgIpc) is 2.39. The van der Waals surface area contributed by atoms with Crippen LogP contribution >= 0.6 is 0 Å². The molecule has 1 amide bonds. The van der Waals surface area contributed by atoms with Crippen LogP contribution < -0.4 is 10.2 Å². The largest absolute Gasteiger partial charge is 0.372 e. The Labute approximate surface area is 122 Å². The number of amides is 1. The molecule has 4 nitrogen and oxygen atoms in total. The number of hydrogen-bond acceptors (Lipinski definition) is 3. The summed E-state index contributed by atoms with van der Waals surface area (Å²) in [4.78, 5) is 14.0. The Bertz CT molecular complexity index is 417. The summed E-state index contributed by atoms with van der Waals surface area (Å²) in [6, 6.07) is 7.88. The summed E-state index contributed by atoms with van der Waals surface area (Å²) in [7, 11) is 0. The van der Waals surface area contributed by atoms with Gasteiger partial charge in [0.05, 0.1) is 5.60 Å². The van der Waals surface area contributed by atoms with E-state index in [9.17, 15) is 4.79 Å². The average molecular weight is 278 g/mol. The first-order valence-electron chi connectivity index (χ1n) is 7.14. The molecule has 0 atom stereocenters. The van der Waals surface area contributed by atoms with Crippen LogP contribution in [0.4, 0.5) is 11.4 Å². The van der Waals surface area contributed by atoms with Crippen molar-refractivity contribution in [2.24, 2.45) is 0 Å². The summed E-state index contributed by atoms with van der Waals surface area (Å²) in [5.41, 5.74) is 1.66. The van der Waals surface area contributed by atoms with Crippen molar-refractivity contribution in [1.29, 1.82) is 0 Å². The second-order valence-electron chi connectivity index (χ2n) is 5.67. The van der Waals surface area contributed by atoms with Crippen LogP contribution in [0.3, 0.4) is 0 Å². The summed E-state index contributed by atoms with van der Waals surface area (Å²) in [5, 5.41) is 2.83. The Morgan fingerprint density at radius 1 is 1.15 bits per heavy atom. The highest BCUT2D eigenvalue weighted by atomic mass is 16.5. The van der Waals surface area contributed by atoms with Crippen LogP contribution in [0.2, 0.25) is 0 Å². The van der Waals surface area contributed by atoms with E-state index in [1.54, 1.807) is 0 Å². The van der Waals surface area contributed by atoms with E-state index in [0.29, 0.717) is 0 Å². The zero-order valence-electron chi connectivity index (χ0n) is 13.2. The number of nitrogens with zero attached hydrogens (tertiary/aromatic N) is 1. The molecule has 0 saturated carbocycles. The summed E-state index contributed by atoms with van der Waals surface area (Å²) >= 11 is 0. The van der Waals surface area contributed by atoms with Gasteiger partial charge >= 0.3 is 0 Å². The molecule has 0 bridgehead atoms. The van der Waals surface area contributed by atoms with Crippen LogP contribution in [0, 0.1) is 0 Å². The first-order chi connectivity index (χ1) is 9.35. The van der Waals surface area contributed by atoms with Gasteiger partial charge in [-0.15, -0.1) is 0 Å². The Morgan fingerprint density at radius 2 is 1.70 bits per heavy atom. The van der Waals surface area contributed by atoms with Gasteiger partial charge in [0.2, 0.25) is 5.91 Å². The van der Waals surface area contributed by atoms with Crippen LogP contribution in [0.1, 0.15) is 34.6 Å². The Morgan fingerprint density at radius 3 is 2.15 bits per heavy atom. The van der Waals surface area contributed by atoms with Crippen molar-refractivity contribution in [1.82, 2.24) is 0 Å². The monoisotopic (exact) mass is 278 g/mol. The van der Waals surface area contributed by atoms with Gasteiger partial charge in [0.15, 0.2) is 0 Å². The van der Waals surface area contributed by atoms with Gasteiger partial charge in [-0.2, -0.15) is 0 Å². The molecule has 1 aromatic carbocycles. The van der Waals surface area contributed by atoms with Crippen LogP contribution in [0.25, 0.3) is 0 Å². The number of anilines is 2. The number of nitrogens with one attached hydrogen (secondary N) is 1. The number of hydrogen-bond donors (Lipinski definition) is 1. The molecule has 0 aliphatic carbocycles. The molecule has 0 saturated heterocycles. The lowest BCUT2D eigenvalue weighted by molar-refractivity contribution is -0.125. The second kappa shape index (κ2) is 7.29. The molecule has 0 aliphatic heterocycles. The minimum absolute atomic E-state index is 0.0707. The molecule has 0 heterocycles. The van der Waals surface area contributed by atoms with E-state index >= 15 is 0 Å². The Balaban J connectivity index is 2.55. The normalized spacial score (nSPS) is 11.2. The lowest BCUT2D eigenvalue weighted by Crippen LogP contribution is -2.27. The van der Waals surface area contributed by atoms with Crippen LogP contribution in [0.5, 0.6) is 0 Å². The lowest BCUT2D eigenvalue weighted by Gasteiger charge is -2.21. The van der Waals surface area contributed by atoms with E-state index in [1.807, 2.05) is 45.0 Å². The maximum Gasteiger partial charge on any atom is 0.250 e. The molecule has 112 valence electrons. The van der Waals surface area contributed by atoms with Crippen molar-refractivity contribution in [3.63, 3.8) is 0 Å². The first kappa shape index (κ1) is 16.5. The minimum atomic E-state index is -0.302. The van der Waals surface area contributed by atoms with Gasteiger partial charge in [-0.05, 0) is 58.9 Å². The molecular formula is C16H26N2O2. The number of ether oxygens (including phenoxy) is 1. The van der Waals surface area contributed by atoms with E-state index < -0.39 is 0 Å². The van der Waals surface area contributed by atoms with Crippen molar-refractivity contribution < 1.29 is 9.53 Å². The predicted octanol–water partition coefficient (Wildman–Crippen LogP) is 3.29. The SMILES string of the molecule is CCN(CC)c1ccc(NC(=O)COC(C)(C)C)cc1. The van der Waals surface area contributed by atoms with E-state index in [4.69, 9.17) is 4.74 Å². The molecule has 0 aromatic heterocycles. The summed E-state index contributed by atoms with van der Waals surface area (Å²) < 4.78 is 5.44. The van der Waals surface area contributed by atoms with Crippen molar-refractivity contribution >= 4 is 17.3 Å². The molecule has 20 heavy (non-hydrogen) atoms. The van der Waals surface area contributed by atoms with Gasteiger partial charge < -0.3 is 15.0 Å². The van der Waals surface area contributed by atoms with Crippen LogP contribution in [-0.4, -0.2) is 31.2 Å². The van der Waals surface area contributed by atoms with Crippen molar-refractivity contribution in [3.8, 4) is 0 Å². The maximum absolute atomic E-state index is 11.7. The molecule has 0 aliphatic rings. The van der Waals surface area contributed by atoms with Crippen LogP contribution in [0.15, 0.2) is 24.3 Å². The first-order valence-corrected chi connectivity index (χ1v) is 7.14. The van der Waals surface area contributed by atoms with E-state index in [-0.39, 0.29) is 18.1 Å². The van der Waals surface area contributed by atoms with Gasteiger partial charge in [0, 0.05) is 24.5 Å². The Kier molecular flexibility index (Phi) is 6.02. The third-order valence-electron chi connectivity index (χ3n) is 2.92. The summed E-state index contributed by atoms with van der Waals surface area (Å²) in [6.07, 6.45) is 0. The number of carbonyl (C=O) groups is 1. The third-order valence-corrected chi connectivity index (χ3v) is 2.92. The fourth-order valence-corrected chi connectivity index (χ4v) is 1.82. The van der Waals surface area contributed by atoms with Gasteiger partial charge in [0.1, 0.15) is 6.61 Å². The highest BCUT2D eigenvalue weighted by molar-refractivity contribution is 5.91. The molecule has 1 rings (SSSR count). The van der Waals surface area contributed by atoms with E-state index in [1.165, 1.54) is 5.69 Å². The summed E-state index contributed by atoms with van der Waals surface area (Å²) in [5.74, 6) is -0.129. The van der Waals surface area contributed by atoms with Gasteiger partial charge in [-0.3, -0.25) is 4.79 Å². The number of carbonyl (C=O) groups excluding carboxylic acids is 1. The molecule has 0 radical (unpaired) electrons. The third kappa shape index (κ3) is 5.61. The molecule has 0 spiro atoms. The van der Waals surface area contributed by atoms with Gasteiger partial charge in [-0.25, -0.2) is 0 Å². The van der Waals surface area contributed by atoms with E-state index in [0.717, 1.165) is 18.8 Å². The predicted molar refractivity (Wildman–Crippen MR) is 84.3 cm³/mol. The zero-order chi connectivity index (χ0) is 15.2. The molecule has 1 aromatic rings. The molecule has 0 unspecified atom stereocenters. The number of benzene rings is 1. The topological polar surface area (TPSA) is 41.6 Å². The summed E-state index contributed by atoms with van der Waals surface area (Å²) in [6.45, 7) is 12.1. The smallest absolute Gasteiger partial charge is 0.250 e. The zero-order valence-corrected chi connectivity index (χ0v) is 13.2. The minimum Gasteiger partial charge on any atom is -0.372 e. The highest BCUT2D eigenvalue weighted by Gasteiger charge is 2.13. The van der Waals surface area contributed by atoms with Gasteiger partial charge in [0.25, 0.3) is 0 Å². The Hall–Kier alpha value is -1.55. The maximum atomic E-state index is 11.7. The standard InChI is InChI=1S/C16H26N2O2/c1-6-18(7-2)14-10-8-13(9-11-14)17-15(19)12-20-16(3,4)5/h8-11H,6-7,12H2,1-5H3,(H,17,19). The van der Waals surface area contributed by atoms with Crippen LogP contribution in [-0.2, 0) is 9.53 Å². The molecule has 0 fully saturated rings. The van der Waals surface area contributed by atoms with Crippen molar-refractivity contribution in [3.05, 3.63) is 24.3 Å². The van der Waals surface area contributed by atoms with Crippen molar-refractivity contribution in [2.45, 2.75) is 40.2 Å². The quantitative estimate of drug-likeness (QED) is 0.868. The van der Waals surface area contributed by atoms with E-state index in [2.05, 4.69) is 24.1 Å². The molecule has 1 N–H and O–H groups in total.